The van der Waals surface area contributed by atoms with Gasteiger partial charge in [0.25, 0.3) is 0 Å². The summed E-state index contributed by atoms with van der Waals surface area (Å²) in [6, 6.07) is 5.72. The standard InChI is InChI=1S/C28H38O12.C5H5N/c1-11(29)38-15-6-7-23(2,3)19-20(31)26(33)17-12(24(15,19)10-37-26)4-5-13(18(17)30)25-8-16-28(35)27(25,34)21(40-22(25)32)14(39-16)9-36-28;1-2-4-6-5-3-1/h12-21,30-31,33-35H,4-10H2,1-3H3;1-5H/t12-,13-,14-,15+,16-,17+,18-,19-,20+,21-,24-,25+,26+,27-,28-;/m1./s1. The lowest BCUT2D eigenvalue weighted by atomic mass is 9.38. The minimum absolute atomic E-state index is 0.0434. The average Bonchev–Trinajstić information content (AvgIpc) is 3.34. The van der Waals surface area contributed by atoms with Gasteiger partial charge in [-0.15, -0.1) is 0 Å². The lowest BCUT2D eigenvalue weighted by Crippen LogP contribution is -2.82. The zero-order valence-corrected chi connectivity index (χ0v) is 26.2. The zero-order valence-electron chi connectivity index (χ0n) is 26.2. The Morgan fingerprint density at radius 3 is 2.39 bits per heavy atom. The summed E-state index contributed by atoms with van der Waals surface area (Å²) in [7, 11) is 0. The fourth-order valence-electron chi connectivity index (χ4n) is 11.8. The number of fused-ring (bicyclic) bond motifs is 2. The molecule has 46 heavy (non-hydrogen) atoms. The van der Waals surface area contributed by atoms with Gasteiger partial charge in [-0.1, -0.05) is 19.9 Å². The molecule has 15 atom stereocenters. The van der Waals surface area contributed by atoms with Crippen molar-refractivity contribution in [2.45, 2.75) is 107 Å². The number of aliphatic hydroxyl groups excluding tert-OH is 2. The normalized spacial score (nSPS) is 55.0. The largest absolute Gasteiger partial charge is 0.462 e. The van der Waals surface area contributed by atoms with E-state index in [1.807, 2.05) is 32.0 Å². The predicted molar refractivity (Wildman–Crippen MR) is 153 cm³/mol. The molecule has 0 unspecified atom stereocenters. The summed E-state index contributed by atoms with van der Waals surface area (Å²) < 4.78 is 29.2. The molecule has 4 saturated carbocycles. The third kappa shape index (κ3) is 3.41. The molecular formula is C33H43NO12. The van der Waals surface area contributed by atoms with Gasteiger partial charge in [0.2, 0.25) is 5.79 Å². The summed E-state index contributed by atoms with van der Waals surface area (Å²) in [6.07, 6.45) is -1.08. The maximum Gasteiger partial charge on any atom is 0.316 e. The quantitative estimate of drug-likeness (QED) is 0.271. The zero-order chi connectivity index (χ0) is 32.7. The van der Waals surface area contributed by atoms with Crippen LogP contribution in [0.2, 0.25) is 0 Å². The number of carbonyl (C=O) groups excluding carboxylic acids is 2. The van der Waals surface area contributed by atoms with Crippen LogP contribution in [0.4, 0.5) is 0 Å². The molecule has 6 aliphatic heterocycles. The van der Waals surface area contributed by atoms with Crippen molar-refractivity contribution >= 4 is 11.9 Å². The Hall–Kier alpha value is -2.23. The van der Waals surface area contributed by atoms with Crippen LogP contribution in [0.15, 0.2) is 30.6 Å². The van der Waals surface area contributed by atoms with Crippen LogP contribution in [0.5, 0.6) is 0 Å². The second kappa shape index (κ2) is 9.69. The number of nitrogens with zero attached hydrogens (tertiary/aromatic N) is 1. The molecule has 10 aliphatic rings. The Bertz CT molecular complexity index is 1400. The molecule has 11 rings (SSSR count). The fraction of sp³-hybridized carbons (Fsp3) is 0.788. The number of esters is 2. The monoisotopic (exact) mass is 645 g/mol. The Morgan fingerprint density at radius 2 is 1.74 bits per heavy atom. The second-order valence-corrected chi connectivity index (χ2v) is 15.5. The molecule has 1 spiro atoms. The average molecular weight is 646 g/mol. The summed E-state index contributed by atoms with van der Waals surface area (Å²) in [5.74, 6) is -8.42. The van der Waals surface area contributed by atoms with E-state index in [4.69, 9.17) is 23.7 Å². The molecule has 0 aromatic carbocycles. The highest BCUT2D eigenvalue weighted by Crippen LogP contribution is 2.74. The number of hydrogen-bond donors (Lipinski definition) is 5. The molecule has 6 saturated heterocycles. The van der Waals surface area contributed by atoms with Crippen LogP contribution in [0, 0.1) is 39.9 Å². The van der Waals surface area contributed by atoms with Crippen molar-refractivity contribution in [3.05, 3.63) is 30.6 Å². The summed E-state index contributed by atoms with van der Waals surface area (Å²) >= 11 is 0. The molecule has 4 aliphatic carbocycles. The van der Waals surface area contributed by atoms with Crippen LogP contribution in [0.25, 0.3) is 0 Å². The number of aromatic nitrogens is 1. The molecule has 5 N–H and O–H groups in total. The first-order chi connectivity index (χ1) is 21.7. The highest BCUT2D eigenvalue weighted by Gasteiger charge is 2.91. The van der Waals surface area contributed by atoms with Crippen LogP contribution in [-0.4, -0.2) is 109 Å². The van der Waals surface area contributed by atoms with Gasteiger partial charge in [0, 0.05) is 42.5 Å². The van der Waals surface area contributed by atoms with E-state index < -0.39 is 106 Å². The van der Waals surface area contributed by atoms with Gasteiger partial charge in [0.1, 0.15) is 29.8 Å². The number of ether oxygens (including phenoxy) is 5. The van der Waals surface area contributed by atoms with Gasteiger partial charge >= 0.3 is 11.9 Å². The third-order valence-corrected chi connectivity index (χ3v) is 13.4. The smallest absolute Gasteiger partial charge is 0.316 e. The predicted octanol–water partition coefficient (Wildman–Crippen LogP) is 0.0517. The Kier molecular flexibility index (Phi) is 6.54. The molecule has 0 radical (unpaired) electrons. The van der Waals surface area contributed by atoms with E-state index in [1.54, 1.807) is 12.4 Å². The minimum atomic E-state index is -2.19. The molecule has 252 valence electrons. The second-order valence-electron chi connectivity index (χ2n) is 15.5. The van der Waals surface area contributed by atoms with E-state index in [1.165, 1.54) is 6.92 Å². The van der Waals surface area contributed by atoms with Crippen molar-refractivity contribution in [3.63, 3.8) is 0 Å². The Morgan fingerprint density at radius 1 is 1.02 bits per heavy atom. The number of pyridine rings is 1. The first kappa shape index (κ1) is 31.1. The summed E-state index contributed by atoms with van der Waals surface area (Å²) in [5.41, 5.74) is -5.22. The molecule has 1 aromatic rings. The molecule has 10 fully saturated rings. The van der Waals surface area contributed by atoms with Crippen molar-refractivity contribution in [3.8, 4) is 0 Å². The molecular weight excluding hydrogens is 602 g/mol. The first-order valence-electron chi connectivity index (χ1n) is 16.4. The van der Waals surface area contributed by atoms with Crippen molar-refractivity contribution in [2.24, 2.45) is 39.9 Å². The van der Waals surface area contributed by atoms with Gasteiger partial charge in [-0.05, 0) is 55.6 Å². The number of aliphatic hydroxyl groups is 5. The van der Waals surface area contributed by atoms with Crippen LogP contribution in [-0.2, 0) is 33.3 Å². The summed E-state index contributed by atoms with van der Waals surface area (Å²) in [4.78, 5) is 29.7. The summed E-state index contributed by atoms with van der Waals surface area (Å²) in [6.45, 7) is 5.42. The maximum absolute atomic E-state index is 13.7. The Labute approximate surface area is 266 Å². The molecule has 7 heterocycles. The van der Waals surface area contributed by atoms with Gasteiger partial charge in [0.15, 0.2) is 17.5 Å². The SMILES string of the molecule is CC(=O)O[C@H]1CCC(C)(C)[C@H]2[C@H](O)[C@@]3(O)OC[C@@]12[C@@H]1CC[C@@H]([C@]24C[C@H]5O[C@@H]6CO[C@@]5(O)[C@@]2(O)[C@@H]6OC4=O)[C@@H](O)[C@H]13.c1ccncc1. The van der Waals surface area contributed by atoms with Crippen molar-refractivity contribution in [1.29, 1.82) is 0 Å². The van der Waals surface area contributed by atoms with E-state index in [2.05, 4.69) is 4.98 Å². The lowest BCUT2D eigenvalue weighted by molar-refractivity contribution is -0.446. The van der Waals surface area contributed by atoms with E-state index >= 15 is 0 Å². The van der Waals surface area contributed by atoms with Crippen LogP contribution < -0.4 is 0 Å². The third-order valence-electron chi connectivity index (χ3n) is 13.4. The maximum atomic E-state index is 13.7. The first-order valence-corrected chi connectivity index (χ1v) is 16.4. The highest BCUT2D eigenvalue weighted by atomic mass is 16.7. The van der Waals surface area contributed by atoms with Crippen LogP contribution >= 0.6 is 0 Å². The number of rotatable bonds is 2. The van der Waals surface area contributed by atoms with Crippen molar-refractivity contribution in [1.82, 2.24) is 4.98 Å². The minimum Gasteiger partial charge on any atom is -0.462 e. The summed E-state index contributed by atoms with van der Waals surface area (Å²) in [5, 5.41) is 59.8. The topological polar surface area (TPSA) is 194 Å². The number of hydrogen-bond acceptors (Lipinski definition) is 13. The van der Waals surface area contributed by atoms with Gasteiger partial charge in [-0.2, -0.15) is 0 Å². The Balaban J connectivity index is 0.000000470. The molecule has 13 nitrogen and oxygen atoms in total. The van der Waals surface area contributed by atoms with Gasteiger partial charge < -0.3 is 49.2 Å². The molecule has 0 amide bonds. The highest BCUT2D eigenvalue weighted by molar-refractivity contribution is 5.84. The van der Waals surface area contributed by atoms with E-state index in [0.717, 1.165) is 0 Å². The van der Waals surface area contributed by atoms with Crippen molar-refractivity contribution < 1.29 is 58.8 Å². The van der Waals surface area contributed by atoms with Gasteiger partial charge in [0.05, 0.1) is 19.3 Å². The van der Waals surface area contributed by atoms with Crippen LogP contribution in [0.3, 0.4) is 0 Å². The molecule has 13 heteroatoms. The fourth-order valence-corrected chi connectivity index (χ4v) is 11.8. The van der Waals surface area contributed by atoms with Gasteiger partial charge in [-0.25, -0.2) is 0 Å². The van der Waals surface area contributed by atoms with Crippen LogP contribution in [0.1, 0.15) is 52.9 Å². The number of carbonyl (C=O) groups is 2. The van der Waals surface area contributed by atoms with Gasteiger partial charge in [-0.3, -0.25) is 14.6 Å². The molecule has 1 aromatic heterocycles. The lowest BCUT2D eigenvalue weighted by Gasteiger charge is -2.73. The van der Waals surface area contributed by atoms with E-state index in [-0.39, 0.29) is 26.1 Å². The van der Waals surface area contributed by atoms with E-state index in [9.17, 15) is 35.1 Å². The molecule has 6 bridgehead atoms. The van der Waals surface area contributed by atoms with E-state index in [0.29, 0.717) is 19.3 Å². The van der Waals surface area contributed by atoms with Crippen molar-refractivity contribution in [2.75, 3.05) is 13.2 Å².